The molecule has 7 fully saturated rings. The molecular weight excluding hydrogens is 1370 g/mol. The van der Waals surface area contributed by atoms with E-state index in [1.54, 1.807) is 0 Å². The first kappa shape index (κ1) is 83.0. The van der Waals surface area contributed by atoms with Crippen molar-refractivity contribution in [1.29, 1.82) is 0 Å². The van der Waals surface area contributed by atoms with E-state index in [1.165, 1.54) is 0 Å². The van der Waals surface area contributed by atoms with Crippen LogP contribution in [-0.4, -0.2) is 424 Å². The zero-order valence-corrected chi connectivity index (χ0v) is 53.6. The van der Waals surface area contributed by atoms with Gasteiger partial charge >= 0.3 is 5.97 Å². The van der Waals surface area contributed by atoms with Gasteiger partial charge in [-0.05, 0) is 12.8 Å². The Balaban J connectivity index is 0.973. The average Bonchev–Trinajstić information content (AvgIpc) is 0.792. The SMILES string of the molecule is O=C(CN(CC(=O)NCCOC1O[C@H](CO[C@H]2O[C@H](CO)[C@@H](O)[C@H](O)[C@@H]2O)[C@@H](O)[C@H](O[C@H]2O[C@H](CO)[C@@H](O)[C@H](O)[C@@H]2O)[C@H]1O)CC(=O)NCCO[C@@H]1O[C@H](CO[C@H]2O[C@H](CO)[C@@H](O)[C@H](O)[C@@H]2O)[C@@H](O)[C@H](O[C@H]2O[C@H](CO)[C@@H](O)[C@H](O)[C@@H]2O)[C@H]1O)NCCCCCC(=O)ON1C(=O)CCC1=O. The van der Waals surface area contributed by atoms with E-state index in [-0.39, 0.29) is 38.6 Å². The molecule has 576 valence electrons. The average molecular weight is 1460 g/mol. The largest absolute Gasteiger partial charge is 0.394 e. The van der Waals surface area contributed by atoms with E-state index in [2.05, 4.69) is 16.0 Å². The summed E-state index contributed by atoms with van der Waals surface area (Å²) in [6.45, 7) is -9.01. The molecule has 44 heteroatoms. The van der Waals surface area contributed by atoms with Crippen molar-refractivity contribution < 1.29 is 193 Å². The molecule has 30 atom stereocenters. The maximum Gasteiger partial charge on any atom is 0.333 e. The van der Waals surface area contributed by atoms with Gasteiger partial charge in [-0.1, -0.05) is 6.42 Å². The minimum atomic E-state index is -2.05. The van der Waals surface area contributed by atoms with Gasteiger partial charge in [0.2, 0.25) is 17.7 Å². The zero-order chi connectivity index (χ0) is 73.4. The third-order valence-electron chi connectivity index (χ3n) is 17.2. The summed E-state index contributed by atoms with van der Waals surface area (Å²) < 4.78 is 67.0. The van der Waals surface area contributed by atoms with E-state index in [0.29, 0.717) is 11.5 Å². The zero-order valence-electron chi connectivity index (χ0n) is 53.6. The van der Waals surface area contributed by atoms with Crippen LogP contribution in [0.3, 0.4) is 0 Å². The van der Waals surface area contributed by atoms with Crippen LogP contribution < -0.4 is 16.0 Å². The van der Waals surface area contributed by atoms with E-state index < -0.39 is 305 Å². The number of hydroxylamine groups is 2. The van der Waals surface area contributed by atoms with Crippen molar-refractivity contribution in [2.75, 3.05) is 92.1 Å². The standard InChI is InChI=1S/C56H93N5O39/c62-15-21-33(72)39(78)43(82)51(92-21)90-19-25-37(76)49(98-55-45(84)41(80)35(74)23(17-64)94-55)47(86)53(96-25)88-10-8-58-28(67)13-60(12-27(66)57-7-3-1-2-4-32(71)100-61-30(69)5-6-31(61)70)14-29(68)59-9-11-89-54-48(87)50(99-56-46(85)42(81)36(75)24(18-65)95-56)38(77)26(97-54)20-91-52-44(83)40(79)34(73)22(16-63)93-52/h21-26,33-56,62-65,72-87H,1-20H2,(H,57,66)(H,58,67)(H,59,68)/t21-,22-,23-,24-,25-,26-,33-,34-,35-,36-,37-,38-,39+,40+,41+,42+,43+,44+,45+,46+,47-,48-,49+,50+,51+,52+,53-,54?,55-,56-/m1/s1. The Morgan fingerprint density at radius 1 is 0.380 bits per heavy atom. The third-order valence-corrected chi connectivity index (χ3v) is 17.2. The van der Waals surface area contributed by atoms with Crippen LogP contribution in [0.5, 0.6) is 0 Å². The minimum Gasteiger partial charge on any atom is -0.394 e. The molecule has 0 bridgehead atoms. The maximum absolute atomic E-state index is 13.6. The first-order chi connectivity index (χ1) is 47.5. The smallest absolute Gasteiger partial charge is 0.333 e. The van der Waals surface area contributed by atoms with E-state index in [0.717, 1.165) is 4.90 Å². The second kappa shape index (κ2) is 39.2. The van der Waals surface area contributed by atoms with Gasteiger partial charge in [-0.15, -0.1) is 5.06 Å². The molecule has 100 heavy (non-hydrogen) atoms. The number of aliphatic hydroxyl groups excluding tert-OH is 20. The quantitative estimate of drug-likeness (QED) is 0.0207. The normalized spacial score (nSPS) is 40.3. The molecule has 0 aromatic heterocycles. The Hall–Kier alpha value is -4.30. The number of carbonyl (C=O) groups is 6. The number of nitrogens with zero attached hydrogens (tertiary/aromatic N) is 2. The number of hydrogen-bond acceptors (Lipinski definition) is 40. The number of amides is 5. The molecule has 0 saturated carbocycles. The highest BCUT2D eigenvalue weighted by atomic mass is 16.8. The fraction of sp³-hybridized carbons (Fsp3) is 0.893. The Morgan fingerprint density at radius 3 is 1.06 bits per heavy atom. The molecule has 7 saturated heterocycles. The lowest BCUT2D eigenvalue weighted by Gasteiger charge is -2.46. The highest BCUT2D eigenvalue weighted by Gasteiger charge is 2.55. The van der Waals surface area contributed by atoms with Gasteiger partial charge in [0.1, 0.15) is 146 Å². The van der Waals surface area contributed by atoms with Crippen molar-refractivity contribution in [3.8, 4) is 0 Å². The van der Waals surface area contributed by atoms with Gasteiger partial charge in [-0.3, -0.25) is 28.9 Å². The van der Waals surface area contributed by atoms with Crippen molar-refractivity contribution >= 4 is 35.5 Å². The van der Waals surface area contributed by atoms with Crippen LogP contribution >= 0.6 is 0 Å². The van der Waals surface area contributed by atoms with Crippen LogP contribution in [0.25, 0.3) is 0 Å². The fourth-order valence-electron chi connectivity index (χ4n) is 11.4. The second-order valence-corrected chi connectivity index (χ2v) is 24.5. The molecule has 7 aliphatic heterocycles. The van der Waals surface area contributed by atoms with Gasteiger partial charge in [0.25, 0.3) is 11.8 Å². The number of imide groups is 1. The summed E-state index contributed by atoms with van der Waals surface area (Å²) >= 11 is 0. The monoisotopic (exact) mass is 1460 g/mol. The molecule has 44 nitrogen and oxygen atoms in total. The maximum atomic E-state index is 13.6. The first-order valence-electron chi connectivity index (χ1n) is 32.2. The summed E-state index contributed by atoms with van der Waals surface area (Å²) in [5, 5.41) is 218. The van der Waals surface area contributed by atoms with Gasteiger partial charge in [0.15, 0.2) is 37.7 Å². The fourth-order valence-corrected chi connectivity index (χ4v) is 11.4. The molecule has 7 rings (SSSR count). The lowest BCUT2D eigenvalue weighted by atomic mass is 9.96. The summed E-state index contributed by atoms with van der Waals surface area (Å²) in [5.74, 6) is -4.59. The molecule has 1 unspecified atom stereocenters. The summed E-state index contributed by atoms with van der Waals surface area (Å²) in [7, 11) is 0. The molecule has 0 aliphatic carbocycles. The van der Waals surface area contributed by atoms with Gasteiger partial charge in [0, 0.05) is 38.9 Å². The molecule has 0 aromatic rings. The van der Waals surface area contributed by atoms with Crippen molar-refractivity contribution in [2.45, 2.75) is 223 Å². The topological polar surface area (TPSA) is 670 Å². The van der Waals surface area contributed by atoms with Crippen LogP contribution in [0, 0.1) is 0 Å². The van der Waals surface area contributed by atoms with Gasteiger partial charge < -0.3 is 180 Å². The van der Waals surface area contributed by atoms with Crippen molar-refractivity contribution in [3.05, 3.63) is 0 Å². The molecule has 0 aromatic carbocycles. The van der Waals surface area contributed by atoms with E-state index in [9.17, 15) is 131 Å². The van der Waals surface area contributed by atoms with Crippen molar-refractivity contribution in [2.24, 2.45) is 0 Å². The Morgan fingerprint density at radius 2 is 0.700 bits per heavy atom. The summed E-state index contributed by atoms with van der Waals surface area (Å²) in [6.07, 6.45) is -54.6. The molecule has 0 spiro atoms. The number of hydrogen-bond donors (Lipinski definition) is 23. The number of rotatable bonds is 35. The van der Waals surface area contributed by atoms with Gasteiger partial charge in [-0.25, -0.2) is 4.79 Å². The molecule has 0 radical (unpaired) electrons. The molecule has 5 amide bonds. The highest BCUT2D eigenvalue weighted by molar-refractivity contribution is 6.01. The highest BCUT2D eigenvalue weighted by Crippen LogP contribution is 2.34. The predicted octanol–water partition coefficient (Wildman–Crippen LogP) is -16.3. The predicted molar refractivity (Wildman–Crippen MR) is 311 cm³/mol. The van der Waals surface area contributed by atoms with Crippen LogP contribution in [0.1, 0.15) is 38.5 Å². The molecule has 7 aliphatic rings. The lowest BCUT2D eigenvalue weighted by Crippen LogP contribution is -2.65. The second-order valence-electron chi connectivity index (χ2n) is 24.5. The number of nitrogens with one attached hydrogen (secondary N) is 3. The molecular formula is C56H93N5O39. The van der Waals surface area contributed by atoms with Crippen LogP contribution in [-0.2, 0) is 90.4 Å². The first-order valence-corrected chi connectivity index (χ1v) is 32.2. The lowest BCUT2D eigenvalue weighted by molar-refractivity contribution is -0.366. The number of carbonyl (C=O) groups excluding carboxylic acids is 6. The van der Waals surface area contributed by atoms with E-state index in [1.807, 2.05) is 0 Å². The van der Waals surface area contributed by atoms with E-state index >= 15 is 0 Å². The van der Waals surface area contributed by atoms with Crippen LogP contribution in [0.2, 0.25) is 0 Å². The number of unbranched alkanes of at least 4 members (excludes halogenated alkanes) is 2. The van der Waals surface area contributed by atoms with Gasteiger partial charge in [-0.2, -0.15) is 0 Å². The van der Waals surface area contributed by atoms with E-state index in [4.69, 9.17) is 61.7 Å². The summed E-state index contributed by atoms with van der Waals surface area (Å²) in [5.41, 5.74) is 0. The third kappa shape index (κ3) is 21.5. The van der Waals surface area contributed by atoms with Gasteiger partial charge in [0.05, 0.1) is 72.5 Å². The van der Waals surface area contributed by atoms with Crippen molar-refractivity contribution in [1.82, 2.24) is 25.9 Å². The Labute approximate surface area is 567 Å². The number of ether oxygens (including phenoxy) is 12. The van der Waals surface area contributed by atoms with Crippen LogP contribution in [0.4, 0.5) is 0 Å². The Kier molecular flexibility index (Phi) is 32.5. The van der Waals surface area contributed by atoms with Crippen molar-refractivity contribution in [3.63, 3.8) is 0 Å². The Bertz CT molecular complexity index is 2430. The molecule has 23 N–H and O–H groups in total. The minimum absolute atomic E-state index is 0.0143. The number of aliphatic hydroxyl groups is 20. The van der Waals surface area contributed by atoms with Crippen LogP contribution in [0.15, 0.2) is 0 Å². The summed E-state index contributed by atoms with van der Waals surface area (Å²) in [6, 6.07) is 0. The summed E-state index contributed by atoms with van der Waals surface area (Å²) in [4.78, 5) is 82.4. The molecule has 7 heterocycles.